The molecule has 29 heavy (non-hydrogen) atoms. The fourth-order valence-corrected chi connectivity index (χ4v) is 3.87. The topological polar surface area (TPSA) is 94.8 Å². The van der Waals surface area contributed by atoms with Crippen molar-refractivity contribution in [2.75, 3.05) is 18.2 Å². The van der Waals surface area contributed by atoms with E-state index >= 15 is 0 Å². The first-order valence-electron chi connectivity index (χ1n) is 8.58. The third-order valence-electron chi connectivity index (χ3n) is 3.85. The van der Waals surface area contributed by atoms with Gasteiger partial charge in [-0.3, -0.25) is 14.3 Å². The number of amides is 1. The molecule has 0 unspecified atom stereocenters. The minimum absolute atomic E-state index is 0.162. The van der Waals surface area contributed by atoms with Crippen LogP contribution < -0.4 is 10.1 Å². The molecule has 0 saturated heterocycles. The third-order valence-corrected chi connectivity index (χ3v) is 5.47. The summed E-state index contributed by atoms with van der Waals surface area (Å²) in [6.07, 6.45) is 3.35. The summed E-state index contributed by atoms with van der Waals surface area (Å²) in [6, 6.07) is 13.2. The number of thioether (sulfide) groups is 1. The van der Waals surface area contributed by atoms with Crippen molar-refractivity contribution < 1.29 is 9.53 Å². The number of nitrogens with zero attached hydrogens (tertiary/aromatic N) is 5. The highest BCUT2D eigenvalue weighted by atomic mass is 32.2. The van der Waals surface area contributed by atoms with Crippen LogP contribution in [-0.2, 0) is 4.79 Å². The molecule has 1 aromatic carbocycles. The first kappa shape index (κ1) is 19.1. The van der Waals surface area contributed by atoms with Gasteiger partial charge < -0.3 is 10.1 Å². The molecule has 0 radical (unpaired) electrons. The van der Waals surface area contributed by atoms with Crippen molar-refractivity contribution in [2.24, 2.45) is 0 Å². The lowest BCUT2D eigenvalue weighted by Gasteiger charge is -2.11. The number of carbonyl (C=O) groups excluding carboxylic acids is 1. The Bertz CT molecular complexity index is 1100. The Labute approximate surface area is 175 Å². The molecule has 0 atom stereocenters. The van der Waals surface area contributed by atoms with Gasteiger partial charge >= 0.3 is 0 Å². The minimum atomic E-state index is -0.162. The number of thiazole rings is 1. The molecular formula is C19H16N6O2S2. The van der Waals surface area contributed by atoms with Crippen LogP contribution >= 0.6 is 23.1 Å². The summed E-state index contributed by atoms with van der Waals surface area (Å²) in [6.45, 7) is 0. The number of rotatable bonds is 7. The van der Waals surface area contributed by atoms with Gasteiger partial charge in [-0.05, 0) is 24.3 Å². The van der Waals surface area contributed by atoms with Crippen LogP contribution in [0.25, 0.3) is 17.2 Å². The number of nitrogens with one attached hydrogen (secondary N) is 1. The van der Waals surface area contributed by atoms with Crippen LogP contribution in [0.2, 0.25) is 0 Å². The molecule has 0 fully saturated rings. The number of benzene rings is 1. The van der Waals surface area contributed by atoms with Crippen LogP contribution in [0.1, 0.15) is 0 Å². The molecule has 0 spiro atoms. The summed E-state index contributed by atoms with van der Waals surface area (Å²) in [5.41, 5.74) is 1.50. The fraction of sp³-hybridized carbons (Fsp3) is 0.105. The van der Waals surface area contributed by atoms with E-state index < -0.39 is 0 Å². The molecule has 4 rings (SSSR count). The van der Waals surface area contributed by atoms with E-state index in [4.69, 9.17) is 4.74 Å². The van der Waals surface area contributed by atoms with Crippen LogP contribution in [-0.4, -0.2) is 43.5 Å². The smallest absolute Gasteiger partial charge is 0.236 e. The number of methoxy groups -OCH3 is 1. The third kappa shape index (κ3) is 4.44. The number of anilines is 1. The van der Waals surface area contributed by atoms with Gasteiger partial charge in [0.25, 0.3) is 0 Å². The first-order valence-corrected chi connectivity index (χ1v) is 10.4. The maximum absolute atomic E-state index is 12.3. The van der Waals surface area contributed by atoms with Crippen molar-refractivity contribution in [1.29, 1.82) is 0 Å². The zero-order valence-electron chi connectivity index (χ0n) is 15.3. The number of hydrogen-bond donors (Lipinski definition) is 1. The van der Waals surface area contributed by atoms with E-state index in [0.29, 0.717) is 27.6 Å². The van der Waals surface area contributed by atoms with E-state index in [2.05, 4.69) is 25.5 Å². The summed E-state index contributed by atoms with van der Waals surface area (Å²) in [4.78, 5) is 20.7. The van der Waals surface area contributed by atoms with Gasteiger partial charge in [-0.25, -0.2) is 4.98 Å². The maximum Gasteiger partial charge on any atom is 0.236 e. The average Bonchev–Trinajstić information content (AvgIpc) is 3.42. The summed E-state index contributed by atoms with van der Waals surface area (Å²) < 4.78 is 7.22. The van der Waals surface area contributed by atoms with E-state index in [1.165, 1.54) is 23.1 Å². The highest BCUT2D eigenvalue weighted by Gasteiger charge is 2.18. The molecule has 0 aliphatic rings. The lowest BCUT2D eigenvalue weighted by Crippen LogP contribution is -2.14. The standard InChI is InChI=1S/C19H16N6O2S2/c1-27-14-6-4-5-13(11-14)25-17(15-7-2-3-8-20-15)23-24-19(25)29-12-16(26)22-18-21-9-10-28-18/h2-11H,12H2,1H3,(H,21,22,26). The fourth-order valence-electron chi connectivity index (χ4n) is 2.58. The van der Waals surface area contributed by atoms with E-state index in [9.17, 15) is 4.79 Å². The summed E-state index contributed by atoms with van der Waals surface area (Å²) in [5, 5.41) is 14.3. The van der Waals surface area contributed by atoms with Gasteiger partial charge in [-0.15, -0.1) is 21.5 Å². The van der Waals surface area contributed by atoms with Crippen LogP contribution in [0.15, 0.2) is 65.4 Å². The highest BCUT2D eigenvalue weighted by Crippen LogP contribution is 2.28. The molecular weight excluding hydrogens is 408 g/mol. The quantitative estimate of drug-likeness (QED) is 0.454. The second-order valence-corrected chi connectivity index (χ2v) is 7.57. The first-order chi connectivity index (χ1) is 14.2. The Kier molecular flexibility index (Phi) is 5.82. The number of hydrogen-bond acceptors (Lipinski definition) is 8. The number of aromatic nitrogens is 5. The predicted molar refractivity (Wildman–Crippen MR) is 113 cm³/mol. The molecule has 4 aromatic rings. The van der Waals surface area contributed by atoms with Crippen LogP contribution in [0.5, 0.6) is 5.75 Å². The van der Waals surface area contributed by atoms with Gasteiger partial charge in [0, 0.05) is 23.8 Å². The van der Waals surface area contributed by atoms with Crippen molar-refractivity contribution in [3.05, 3.63) is 60.2 Å². The van der Waals surface area contributed by atoms with Crippen LogP contribution in [0.4, 0.5) is 5.13 Å². The maximum atomic E-state index is 12.3. The molecule has 0 saturated carbocycles. The molecule has 1 N–H and O–H groups in total. The van der Waals surface area contributed by atoms with Crippen LogP contribution in [0.3, 0.4) is 0 Å². The second kappa shape index (κ2) is 8.84. The summed E-state index contributed by atoms with van der Waals surface area (Å²) in [7, 11) is 1.61. The molecule has 3 aromatic heterocycles. The Morgan fingerprint density at radius 3 is 2.86 bits per heavy atom. The zero-order chi connectivity index (χ0) is 20.1. The van der Waals surface area contributed by atoms with E-state index in [1.54, 1.807) is 24.9 Å². The molecule has 146 valence electrons. The van der Waals surface area contributed by atoms with Gasteiger partial charge in [-0.2, -0.15) is 0 Å². The Balaban J connectivity index is 1.64. The Morgan fingerprint density at radius 1 is 1.17 bits per heavy atom. The molecule has 1 amide bonds. The molecule has 3 heterocycles. The van der Waals surface area contributed by atoms with Crippen molar-refractivity contribution in [3.63, 3.8) is 0 Å². The van der Waals surface area contributed by atoms with E-state index in [-0.39, 0.29) is 11.7 Å². The van der Waals surface area contributed by atoms with E-state index in [1.807, 2.05) is 47.0 Å². The van der Waals surface area contributed by atoms with Crippen LogP contribution in [0, 0.1) is 0 Å². The van der Waals surface area contributed by atoms with Gasteiger partial charge in [-0.1, -0.05) is 23.9 Å². The Hall–Kier alpha value is -3.24. The minimum Gasteiger partial charge on any atom is -0.497 e. The van der Waals surface area contributed by atoms with Gasteiger partial charge in [0.15, 0.2) is 16.1 Å². The lowest BCUT2D eigenvalue weighted by molar-refractivity contribution is -0.113. The van der Waals surface area contributed by atoms with Crippen molar-refractivity contribution >= 4 is 34.1 Å². The summed E-state index contributed by atoms with van der Waals surface area (Å²) >= 11 is 2.66. The van der Waals surface area contributed by atoms with Crippen molar-refractivity contribution in [3.8, 4) is 23.0 Å². The Morgan fingerprint density at radius 2 is 2.10 bits per heavy atom. The number of carbonyl (C=O) groups is 1. The molecule has 0 aliphatic carbocycles. The molecule has 0 bridgehead atoms. The largest absolute Gasteiger partial charge is 0.497 e. The van der Waals surface area contributed by atoms with Gasteiger partial charge in [0.05, 0.1) is 18.6 Å². The molecule has 8 nitrogen and oxygen atoms in total. The highest BCUT2D eigenvalue weighted by molar-refractivity contribution is 7.99. The molecule has 10 heteroatoms. The average molecular weight is 425 g/mol. The van der Waals surface area contributed by atoms with Gasteiger partial charge in [0.2, 0.25) is 5.91 Å². The normalized spacial score (nSPS) is 10.7. The van der Waals surface area contributed by atoms with Crippen molar-refractivity contribution in [1.82, 2.24) is 24.7 Å². The second-order valence-electron chi connectivity index (χ2n) is 5.73. The zero-order valence-corrected chi connectivity index (χ0v) is 17.0. The lowest BCUT2D eigenvalue weighted by atomic mass is 10.2. The number of pyridine rings is 1. The van der Waals surface area contributed by atoms with Gasteiger partial charge in [0.1, 0.15) is 11.4 Å². The number of ether oxygens (including phenoxy) is 1. The van der Waals surface area contributed by atoms with E-state index in [0.717, 1.165) is 5.69 Å². The molecule has 0 aliphatic heterocycles. The monoisotopic (exact) mass is 424 g/mol. The SMILES string of the molecule is COc1cccc(-n2c(SCC(=O)Nc3nccs3)nnc2-c2ccccn2)c1. The van der Waals surface area contributed by atoms with Crippen molar-refractivity contribution in [2.45, 2.75) is 5.16 Å². The predicted octanol–water partition coefficient (Wildman–Crippen LogP) is 3.53. The summed E-state index contributed by atoms with van der Waals surface area (Å²) in [5.74, 6) is 1.30.